The van der Waals surface area contributed by atoms with Gasteiger partial charge in [-0.15, -0.1) is 0 Å². The largest absolute Gasteiger partial charge is 0.388 e. The zero-order chi connectivity index (χ0) is 14.3. The van der Waals surface area contributed by atoms with Crippen molar-refractivity contribution in [2.75, 3.05) is 7.05 Å². The lowest BCUT2D eigenvalue weighted by Crippen LogP contribution is -2.10. The van der Waals surface area contributed by atoms with Crippen LogP contribution >= 0.6 is 0 Å². The summed E-state index contributed by atoms with van der Waals surface area (Å²) in [4.78, 5) is 4.01. The van der Waals surface area contributed by atoms with Gasteiger partial charge in [-0.1, -0.05) is 45.8 Å². The number of nitrogens with one attached hydrogen (secondary N) is 1. The van der Waals surface area contributed by atoms with Crippen molar-refractivity contribution in [3.8, 4) is 0 Å². The standard InChI is InChI=1S/C17H28N2/c1-6-8-15(14(3)19-5)11-16(12-18-4)17-10-7-9-13(17)2/h11-13,17,19H,3-4,6-10H2,1-2,5H3/b15-11-,16-12-. The summed E-state index contributed by atoms with van der Waals surface area (Å²) in [6.07, 6.45) is 10.3. The molecule has 1 rings (SSSR count). The molecule has 0 amide bonds. The highest BCUT2D eigenvalue weighted by molar-refractivity contribution is 5.37. The van der Waals surface area contributed by atoms with Gasteiger partial charge in [0.1, 0.15) is 0 Å². The molecule has 0 radical (unpaired) electrons. The van der Waals surface area contributed by atoms with Gasteiger partial charge < -0.3 is 5.32 Å². The maximum Gasteiger partial charge on any atom is 0.0297 e. The minimum Gasteiger partial charge on any atom is -0.388 e. The fraction of sp³-hybridized carbons (Fsp3) is 0.588. The second kappa shape index (κ2) is 7.98. The van der Waals surface area contributed by atoms with Crippen molar-refractivity contribution in [3.05, 3.63) is 35.7 Å². The number of likely N-dealkylation sites (N-methyl/N-ethyl adjacent to an activating group) is 1. The fourth-order valence-corrected chi connectivity index (χ4v) is 2.93. The van der Waals surface area contributed by atoms with Gasteiger partial charge in [-0.25, -0.2) is 0 Å². The molecule has 0 aromatic rings. The van der Waals surface area contributed by atoms with E-state index in [4.69, 9.17) is 0 Å². The Labute approximate surface area is 118 Å². The normalized spacial score (nSPS) is 24.4. The van der Waals surface area contributed by atoms with Crippen molar-refractivity contribution in [2.45, 2.75) is 46.0 Å². The summed E-state index contributed by atoms with van der Waals surface area (Å²) in [5, 5.41) is 3.16. The molecule has 0 saturated heterocycles. The van der Waals surface area contributed by atoms with Gasteiger partial charge in [0.05, 0.1) is 0 Å². The molecule has 0 heterocycles. The first kappa shape index (κ1) is 15.7. The van der Waals surface area contributed by atoms with E-state index in [1.165, 1.54) is 30.4 Å². The van der Waals surface area contributed by atoms with Crippen LogP contribution in [-0.2, 0) is 0 Å². The lowest BCUT2D eigenvalue weighted by molar-refractivity contribution is 0.486. The number of nitrogens with zero attached hydrogens (tertiary/aromatic N) is 1. The maximum atomic E-state index is 4.10. The van der Waals surface area contributed by atoms with Crippen molar-refractivity contribution >= 4 is 6.72 Å². The topological polar surface area (TPSA) is 24.4 Å². The Morgan fingerprint density at radius 2 is 2.16 bits per heavy atom. The van der Waals surface area contributed by atoms with Crippen LogP contribution in [0.4, 0.5) is 0 Å². The molecule has 0 aromatic carbocycles. The van der Waals surface area contributed by atoms with E-state index in [9.17, 15) is 0 Å². The highest BCUT2D eigenvalue weighted by atomic mass is 14.8. The smallest absolute Gasteiger partial charge is 0.0297 e. The molecule has 1 aliphatic rings. The summed E-state index contributed by atoms with van der Waals surface area (Å²) < 4.78 is 0. The Kier molecular flexibility index (Phi) is 6.61. The van der Waals surface area contributed by atoms with Gasteiger partial charge in [-0.2, -0.15) is 0 Å². The third kappa shape index (κ3) is 4.38. The number of hydrogen-bond acceptors (Lipinski definition) is 2. The van der Waals surface area contributed by atoms with Crippen molar-refractivity contribution < 1.29 is 0 Å². The predicted molar refractivity (Wildman–Crippen MR) is 85.3 cm³/mol. The minimum atomic E-state index is 0.627. The third-order valence-electron chi connectivity index (χ3n) is 4.08. The zero-order valence-electron chi connectivity index (χ0n) is 12.7. The van der Waals surface area contributed by atoms with Crippen molar-refractivity contribution in [3.63, 3.8) is 0 Å². The minimum absolute atomic E-state index is 0.627. The molecule has 0 aromatic heterocycles. The van der Waals surface area contributed by atoms with E-state index in [1.807, 2.05) is 13.2 Å². The molecule has 2 heteroatoms. The van der Waals surface area contributed by atoms with Crippen LogP contribution in [0.3, 0.4) is 0 Å². The van der Waals surface area contributed by atoms with E-state index >= 15 is 0 Å². The van der Waals surface area contributed by atoms with Crippen molar-refractivity contribution in [1.82, 2.24) is 5.32 Å². The molecular weight excluding hydrogens is 232 g/mol. The Morgan fingerprint density at radius 3 is 2.63 bits per heavy atom. The average molecular weight is 260 g/mol. The summed E-state index contributed by atoms with van der Waals surface area (Å²) in [5.74, 6) is 1.37. The van der Waals surface area contributed by atoms with Crippen molar-refractivity contribution in [1.29, 1.82) is 0 Å². The summed E-state index contributed by atoms with van der Waals surface area (Å²) in [5.41, 5.74) is 3.63. The van der Waals surface area contributed by atoms with Crippen molar-refractivity contribution in [2.24, 2.45) is 16.8 Å². The average Bonchev–Trinajstić information content (AvgIpc) is 2.82. The molecule has 0 bridgehead atoms. The van der Waals surface area contributed by atoms with Crippen LogP contribution in [0.5, 0.6) is 0 Å². The molecule has 2 nitrogen and oxygen atoms in total. The van der Waals surface area contributed by atoms with Crippen LogP contribution in [0.2, 0.25) is 0 Å². The molecule has 106 valence electrons. The Hall–Kier alpha value is -1.31. The molecule has 0 spiro atoms. The first-order valence-electron chi connectivity index (χ1n) is 7.37. The van der Waals surface area contributed by atoms with E-state index in [0.29, 0.717) is 5.92 Å². The van der Waals surface area contributed by atoms with Gasteiger partial charge in [-0.3, -0.25) is 4.99 Å². The predicted octanol–water partition coefficient (Wildman–Crippen LogP) is 4.47. The molecule has 2 unspecified atom stereocenters. The quantitative estimate of drug-likeness (QED) is 0.530. The van der Waals surface area contributed by atoms with Crippen LogP contribution in [0.15, 0.2) is 40.7 Å². The number of hydrogen-bond donors (Lipinski definition) is 1. The second-order valence-corrected chi connectivity index (χ2v) is 5.47. The van der Waals surface area contributed by atoms with Gasteiger partial charge in [0.15, 0.2) is 0 Å². The molecule has 0 aliphatic heterocycles. The molecule has 1 fully saturated rings. The van der Waals surface area contributed by atoms with E-state index in [0.717, 1.165) is 24.5 Å². The third-order valence-corrected chi connectivity index (χ3v) is 4.08. The molecule has 1 aliphatic carbocycles. The molecule has 19 heavy (non-hydrogen) atoms. The van der Waals surface area contributed by atoms with Gasteiger partial charge in [-0.05, 0) is 42.5 Å². The van der Waals surface area contributed by atoms with Gasteiger partial charge in [0, 0.05) is 18.9 Å². The molecule has 1 N–H and O–H groups in total. The van der Waals surface area contributed by atoms with E-state index < -0.39 is 0 Å². The number of aliphatic imine (C=N–C) groups is 1. The highest BCUT2D eigenvalue weighted by Crippen LogP contribution is 2.37. The summed E-state index contributed by atoms with van der Waals surface area (Å²) >= 11 is 0. The number of allylic oxidation sites excluding steroid dienone is 3. The lowest BCUT2D eigenvalue weighted by Gasteiger charge is -2.18. The second-order valence-electron chi connectivity index (χ2n) is 5.47. The Morgan fingerprint density at radius 1 is 1.42 bits per heavy atom. The maximum absolute atomic E-state index is 4.10. The molecule has 1 saturated carbocycles. The van der Waals surface area contributed by atoms with Crippen LogP contribution in [0.1, 0.15) is 46.0 Å². The van der Waals surface area contributed by atoms with Crippen LogP contribution in [0, 0.1) is 11.8 Å². The first-order chi connectivity index (χ1) is 9.13. The summed E-state index contributed by atoms with van der Waals surface area (Å²) in [6, 6.07) is 0. The monoisotopic (exact) mass is 260 g/mol. The van der Waals surface area contributed by atoms with Crippen LogP contribution in [-0.4, -0.2) is 13.8 Å². The fourth-order valence-electron chi connectivity index (χ4n) is 2.93. The van der Waals surface area contributed by atoms with Gasteiger partial charge >= 0.3 is 0 Å². The first-order valence-corrected chi connectivity index (χ1v) is 7.37. The highest BCUT2D eigenvalue weighted by Gasteiger charge is 2.26. The summed E-state index contributed by atoms with van der Waals surface area (Å²) in [7, 11) is 1.93. The Bertz CT molecular complexity index is 377. The zero-order valence-corrected chi connectivity index (χ0v) is 12.7. The Balaban J connectivity index is 3.00. The SMILES string of the molecule is C=N/C=C(/C=C(/CCC)C(=C)NC)C1CCCC1C. The van der Waals surface area contributed by atoms with Crippen LogP contribution < -0.4 is 5.32 Å². The van der Waals surface area contributed by atoms with E-state index in [1.54, 1.807) is 0 Å². The van der Waals surface area contributed by atoms with E-state index in [2.05, 4.69) is 43.5 Å². The molecular formula is C17H28N2. The van der Waals surface area contributed by atoms with Gasteiger partial charge in [0.2, 0.25) is 0 Å². The van der Waals surface area contributed by atoms with Gasteiger partial charge in [0.25, 0.3) is 0 Å². The van der Waals surface area contributed by atoms with E-state index in [-0.39, 0.29) is 0 Å². The molecule has 2 atom stereocenters. The number of rotatable bonds is 7. The summed E-state index contributed by atoms with van der Waals surface area (Å²) in [6.45, 7) is 12.3. The lowest BCUT2D eigenvalue weighted by atomic mass is 9.88. The van der Waals surface area contributed by atoms with Crippen LogP contribution in [0.25, 0.3) is 0 Å².